The van der Waals surface area contributed by atoms with E-state index in [2.05, 4.69) is 27.5 Å². The Morgan fingerprint density at radius 1 is 1.64 bits per heavy atom. The van der Waals surface area contributed by atoms with Crippen LogP contribution in [0.4, 0.5) is 5.82 Å². The lowest BCUT2D eigenvalue weighted by Crippen LogP contribution is -1.93. The van der Waals surface area contributed by atoms with Crippen LogP contribution in [0, 0.1) is 0 Å². The van der Waals surface area contributed by atoms with Gasteiger partial charge in [-0.05, 0) is 24.6 Å². The monoisotopic (exact) mass is 212 g/mol. The highest BCUT2D eigenvalue weighted by Gasteiger charge is 1.97. The van der Waals surface area contributed by atoms with Crippen molar-refractivity contribution < 1.29 is 0 Å². The predicted octanol–water partition coefficient (Wildman–Crippen LogP) is 2.46. The van der Waals surface area contributed by atoms with E-state index in [0.29, 0.717) is 5.82 Å². The largest absolute Gasteiger partial charge is 0.384 e. The highest BCUT2D eigenvalue weighted by Crippen LogP contribution is 2.17. The summed E-state index contributed by atoms with van der Waals surface area (Å²) in [7, 11) is 0. The fraction of sp³-hybridized carbons (Fsp3) is 0.125. The molecular formula is C8H9BrN2. The van der Waals surface area contributed by atoms with E-state index in [1.165, 1.54) is 0 Å². The Labute approximate surface area is 74.3 Å². The van der Waals surface area contributed by atoms with E-state index in [1.807, 2.05) is 13.0 Å². The number of hydrogen-bond donors (Lipinski definition) is 1. The van der Waals surface area contributed by atoms with Gasteiger partial charge < -0.3 is 5.73 Å². The number of hydrogen-bond acceptors (Lipinski definition) is 2. The maximum Gasteiger partial charge on any atom is 0.125 e. The minimum atomic E-state index is 0.511. The maximum absolute atomic E-state index is 5.52. The molecule has 0 atom stereocenters. The van der Waals surface area contributed by atoms with Crippen LogP contribution < -0.4 is 5.73 Å². The number of anilines is 1. The summed E-state index contributed by atoms with van der Waals surface area (Å²) in [4.78, 5) is 4.08. The van der Waals surface area contributed by atoms with Crippen LogP contribution in [0.3, 0.4) is 0 Å². The maximum atomic E-state index is 5.52. The lowest BCUT2D eigenvalue weighted by molar-refractivity contribution is 1.27. The molecule has 58 valence electrons. The van der Waals surface area contributed by atoms with Gasteiger partial charge in [0.1, 0.15) is 5.82 Å². The van der Waals surface area contributed by atoms with Crippen LogP contribution in [-0.4, -0.2) is 4.98 Å². The minimum Gasteiger partial charge on any atom is -0.384 e. The Morgan fingerprint density at radius 3 is 2.73 bits per heavy atom. The summed E-state index contributed by atoms with van der Waals surface area (Å²) < 4.78 is 0.933. The highest BCUT2D eigenvalue weighted by molar-refractivity contribution is 9.10. The van der Waals surface area contributed by atoms with Crippen LogP contribution in [0.1, 0.15) is 12.6 Å². The number of halogens is 1. The third-order valence-electron chi connectivity index (χ3n) is 1.25. The Balaban J connectivity index is 3.19. The molecule has 0 unspecified atom stereocenters. The molecule has 2 nitrogen and oxygen atoms in total. The van der Waals surface area contributed by atoms with Gasteiger partial charge in [0, 0.05) is 4.47 Å². The van der Waals surface area contributed by atoms with Crippen LogP contribution in [0.2, 0.25) is 0 Å². The fourth-order valence-corrected chi connectivity index (χ4v) is 1.19. The van der Waals surface area contributed by atoms with E-state index in [0.717, 1.165) is 15.7 Å². The topological polar surface area (TPSA) is 38.9 Å². The van der Waals surface area contributed by atoms with Crippen molar-refractivity contribution in [3.63, 3.8) is 0 Å². The molecule has 1 rings (SSSR count). The molecule has 0 saturated heterocycles. The van der Waals surface area contributed by atoms with Crippen molar-refractivity contribution in [2.24, 2.45) is 0 Å². The molecule has 0 amide bonds. The van der Waals surface area contributed by atoms with E-state index in [-0.39, 0.29) is 0 Å². The van der Waals surface area contributed by atoms with Gasteiger partial charge in [-0.2, -0.15) is 0 Å². The first-order valence-electron chi connectivity index (χ1n) is 3.18. The van der Waals surface area contributed by atoms with E-state index < -0.39 is 0 Å². The quantitative estimate of drug-likeness (QED) is 0.778. The molecule has 1 aromatic rings. The Bertz CT molecular complexity index is 274. The Morgan fingerprint density at radius 2 is 2.27 bits per heavy atom. The van der Waals surface area contributed by atoms with Crippen LogP contribution >= 0.6 is 15.9 Å². The molecule has 0 spiro atoms. The van der Waals surface area contributed by atoms with E-state index in [1.54, 1.807) is 6.07 Å². The first kappa shape index (κ1) is 8.27. The Kier molecular flexibility index (Phi) is 2.29. The van der Waals surface area contributed by atoms with E-state index in [4.69, 9.17) is 5.73 Å². The average Bonchev–Trinajstić information content (AvgIpc) is 1.85. The molecular weight excluding hydrogens is 204 g/mol. The molecule has 0 aliphatic heterocycles. The van der Waals surface area contributed by atoms with Gasteiger partial charge in [0.05, 0.1) is 5.69 Å². The zero-order valence-corrected chi connectivity index (χ0v) is 7.85. The van der Waals surface area contributed by atoms with Crippen molar-refractivity contribution in [3.05, 3.63) is 28.9 Å². The number of aromatic nitrogens is 1. The molecule has 0 aliphatic rings. The summed E-state index contributed by atoms with van der Waals surface area (Å²) in [6.07, 6.45) is 0. The molecule has 0 aromatic carbocycles. The minimum absolute atomic E-state index is 0.511. The van der Waals surface area contributed by atoms with Crippen LogP contribution in [0.5, 0.6) is 0 Å². The summed E-state index contributed by atoms with van der Waals surface area (Å²) in [6.45, 7) is 5.67. The van der Waals surface area contributed by atoms with Gasteiger partial charge in [-0.15, -0.1) is 0 Å². The van der Waals surface area contributed by atoms with Crippen LogP contribution in [-0.2, 0) is 0 Å². The average molecular weight is 213 g/mol. The smallest absolute Gasteiger partial charge is 0.125 e. The number of nitrogens with zero attached hydrogens (tertiary/aromatic N) is 1. The van der Waals surface area contributed by atoms with Crippen LogP contribution in [0.25, 0.3) is 5.57 Å². The van der Waals surface area contributed by atoms with Gasteiger partial charge in [0.25, 0.3) is 0 Å². The van der Waals surface area contributed by atoms with Gasteiger partial charge in [0.15, 0.2) is 0 Å². The summed E-state index contributed by atoms with van der Waals surface area (Å²) in [5.41, 5.74) is 7.26. The normalized spacial score (nSPS) is 9.64. The summed E-state index contributed by atoms with van der Waals surface area (Å²) in [5, 5.41) is 0. The van der Waals surface area contributed by atoms with E-state index >= 15 is 0 Å². The van der Waals surface area contributed by atoms with Crippen molar-refractivity contribution >= 4 is 27.3 Å². The van der Waals surface area contributed by atoms with Gasteiger partial charge >= 0.3 is 0 Å². The zero-order chi connectivity index (χ0) is 8.43. The summed E-state index contributed by atoms with van der Waals surface area (Å²) in [5.74, 6) is 0.511. The number of nitrogens with two attached hydrogens (primary N) is 1. The van der Waals surface area contributed by atoms with Crippen molar-refractivity contribution in [2.45, 2.75) is 6.92 Å². The number of allylic oxidation sites excluding steroid dienone is 1. The Hall–Kier alpha value is -0.830. The van der Waals surface area contributed by atoms with Gasteiger partial charge in [0.2, 0.25) is 0 Å². The molecule has 0 aliphatic carbocycles. The number of pyridine rings is 1. The summed E-state index contributed by atoms with van der Waals surface area (Å²) in [6, 6.07) is 3.64. The predicted molar refractivity (Wildman–Crippen MR) is 51.1 cm³/mol. The second-order valence-electron chi connectivity index (χ2n) is 2.38. The first-order valence-corrected chi connectivity index (χ1v) is 3.98. The van der Waals surface area contributed by atoms with Gasteiger partial charge in [-0.1, -0.05) is 22.5 Å². The molecule has 11 heavy (non-hydrogen) atoms. The number of rotatable bonds is 1. The molecule has 0 radical (unpaired) electrons. The third-order valence-corrected chi connectivity index (χ3v) is 1.71. The van der Waals surface area contributed by atoms with Crippen molar-refractivity contribution in [3.8, 4) is 0 Å². The van der Waals surface area contributed by atoms with Gasteiger partial charge in [-0.25, -0.2) is 4.98 Å². The molecule has 0 bridgehead atoms. The van der Waals surface area contributed by atoms with Gasteiger partial charge in [-0.3, -0.25) is 0 Å². The molecule has 2 N–H and O–H groups in total. The fourth-order valence-electron chi connectivity index (χ4n) is 0.736. The second-order valence-corrected chi connectivity index (χ2v) is 3.29. The summed E-state index contributed by atoms with van der Waals surface area (Å²) >= 11 is 3.32. The van der Waals surface area contributed by atoms with E-state index in [9.17, 15) is 0 Å². The molecule has 1 aromatic heterocycles. The molecule has 3 heteroatoms. The standard InChI is InChI=1S/C8H9BrN2/c1-5(2)7-3-6(9)4-8(10)11-7/h3-4H,1H2,2H3,(H2,10,11). The SMILES string of the molecule is C=C(C)c1cc(Br)cc(N)n1. The second kappa shape index (κ2) is 3.05. The van der Waals surface area contributed by atoms with Crippen LogP contribution in [0.15, 0.2) is 23.2 Å². The molecule has 0 fully saturated rings. The molecule has 1 heterocycles. The lowest BCUT2D eigenvalue weighted by Gasteiger charge is -2.00. The first-order chi connectivity index (χ1) is 5.09. The zero-order valence-electron chi connectivity index (χ0n) is 6.26. The molecule has 0 saturated carbocycles. The number of nitrogen functional groups attached to an aromatic ring is 1. The van der Waals surface area contributed by atoms with Crippen molar-refractivity contribution in [1.29, 1.82) is 0 Å². The van der Waals surface area contributed by atoms with Crippen molar-refractivity contribution in [1.82, 2.24) is 4.98 Å². The van der Waals surface area contributed by atoms with Crippen molar-refractivity contribution in [2.75, 3.05) is 5.73 Å². The third kappa shape index (κ3) is 2.05. The lowest BCUT2D eigenvalue weighted by atomic mass is 10.2. The highest BCUT2D eigenvalue weighted by atomic mass is 79.9.